The fourth-order valence-electron chi connectivity index (χ4n) is 9.31. The first kappa shape index (κ1) is 67.8. The first-order chi connectivity index (χ1) is 34.5. The molecule has 1 amide bonds. The zero-order valence-corrected chi connectivity index (χ0v) is 46.7. The number of nitrogens with one attached hydrogen (secondary N) is 1. The van der Waals surface area contributed by atoms with E-state index in [2.05, 4.69) is 55.6 Å². The minimum absolute atomic E-state index is 0.0315. The van der Waals surface area contributed by atoms with Crippen molar-refractivity contribution in [2.45, 2.75) is 334 Å². The second-order valence-corrected chi connectivity index (χ2v) is 21.0. The van der Waals surface area contributed by atoms with E-state index in [0.29, 0.717) is 19.4 Å². The van der Waals surface area contributed by atoms with E-state index in [0.717, 1.165) is 89.9 Å². The average molecular weight is 983 g/mol. The van der Waals surface area contributed by atoms with Crippen molar-refractivity contribution < 1.29 is 24.5 Å². The van der Waals surface area contributed by atoms with Crippen molar-refractivity contribution in [2.24, 2.45) is 0 Å². The molecule has 2 unspecified atom stereocenters. The Hall–Kier alpha value is -2.18. The lowest BCUT2D eigenvalue weighted by Gasteiger charge is -2.20. The van der Waals surface area contributed by atoms with Crippen LogP contribution in [0.15, 0.2) is 48.6 Å². The SMILES string of the molecule is CCCCCC/C=C\C/C=C\CCCCCCCCCC(=O)OCCCCC/C=C\CCCCCCCC(=O)NC(CO)C(O)/C=C/CCCCCCCCCCCCCCCCCCCCCCC. The average Bonchev–Trinajstić information content (AvgIpc) is 3.36. The number of carbonyl (C=O) groups excluding carboxylic acids is 2. The predicted molar refractivity (Wildman–Crippen MR) is 306 cm³/mol. The summed E-state index contributed by atoms with van der Waals surface area (Å²) >= 11 is 0. The Labute approximate surface area is 436 Å². The standard InChI is InChI=1S/C64H119NO5/c1-3-5-7-9-11-13-15-17-19-21-23-24-25-26-27-28-30-32-36-40-44-48-52-56-62(67)61(60-66)65-63(68)57-53-49-45-41-37-34-35-39-43-47-51-55-59-70-64(69)58-54-50-46-42-38-33-31-29-22-20-18-16-14-12-10-8-6-4-2/h14,16,20,22,35,39,52,56,61-62,66-67H,3-13,15,17-19,21,23-34,36-38,40-51,53-55,57-60H2,1-2H3,(H,65,68)/b16-14-,22-20-,39-35-,56-52+. The number of amides is 1. The van der Waals surface area contributed by atoms with Gasteiger partial charge in [0.1, 0.15) is 0 Å². The number of allylic oxidation sites excluding steroid dienone is 7. The van der Waals surface area contributed by atoms with Crippen molar-refractivity contribution in [1.29, 1.82) is 0 Å². The van der Waals surface area contributed by atoms with Crippen LogP contribution in [0.2, 0.25) is 0 Å². The molecule has 0 rings (SSSR count). The van der Waals surface area contributed by atoms with Gasteiger partial charge in [0.25, 0.3) is 0 Å². The van der Waals surface area contributed by atoms with Crippen molar-refractivity contribution in [3.8, 4) is 0 Å². The van der Waals surface area contributed by atoms with Crippen LogP contribution in [0.25, 0.3) is 0 Å². The summed E-state index contributed by atoms with van der Waals surface area (Å²) in [5.74, 6) is -0.124. The smallest absolute Gasteiger partial charge is 0.305 e. The predicted octanol–water partition coefficient (Wildman–Crippen LogP) is 19.4. The van der Waals surface area contributed by atoms with E-state index < -0.39 is 12.1 Å². The Bertz CT molecular complexity index is 1180. The van der Waals surface area contributed by atoms with Crippen LogP contribution in [0.5, 0.6) is 0 Å². The highest BCUT2D eigenvalue weighted by atomic mass is 16.5. The van der Waals surface area contributed by atoms with Crippen molar-refractivity contribution in [1.82, 2.24) is 5.32 Å². The van der Waals surface area contributed by atoms with Crippen LogP contribution in [0.3, 0.4) is 0 Å². The number of ether oxygens (including phenoxy) is 1. The number of esters is 1. The Morgan fingerprint density at radius 2 is 0.714 bits per heavy atom. The summed E-state index contributed by atoms with van der Waals surface area (Å²) in [6, 6.07) is -0.649. The lowest BCUT2D eigenvalue weighted by Crippen LogP contribution is -2.45. The summed E-state index contributed by atoms with van der Waals surface area (Å²) in [5, 5.41) is 23.2. The van der Waals surface area contributed by atoms with Gasteiger partial charge in [-0.15, -0.1) is 0 Å². The van der Waals surface area contributed by atoms with Gasteiger partial charge in [-0.2, -0.15) is 0 Å². The molecule has 0 radical (unpaired) electrons. The fraction of sp³-hybridized carbons (Fsp3) is 0.844. The number of unbranched alkanes of at least 4 members (excludes halogenated alkanes) is 40. The second-order valence-electron chi connectivity index (χ2n) is 21.0. The summed E-state index contributed by atoms with van der Waals surface area (Å²) in [5.41, 5.74) is 0. The first-order valence-corrected chi connectivity index (χ1v) is 30.9. The molecule has 0 bridgehead atoms. The number of carbonyl (C=O) groups is 2. The normalized spacial score (nSPS) is 12.9. The van der Waals surface area contributed by atoms with Crippen LogP contribution in [-0.2, 0) is 14.3 Å². The van der Waals surface area contributed by atoms with E-state index in [4.69, 9.17) is 4.74 Å². The van der Waals surface area contributed by atoms with Crippen LogP contribution in [0.4, 0.5) is 0 Å². The van der Waals surface area contributed by atoms with Crippen LogP contribution in [0.1, 0.15) is 322 Å². The van der Waals surface area contributed by atoms with Crippen molar-refractivity contribution in [2.75, 3.05) is 13.2 Å². The van der Waals surface area contributed by atoms with Gasteiger partial charge in [0.15, 0.2) is 0 Å². The van der Waals surface area contributed by atoms with E-state index in [1.165, 1.54) is 205 Å². The number of aliphatic hydroxyl groups excluding tert-OH is 2. The topological polar surface area (TPSA) is 95.9 Å². The summed E-state index contributed by atoms with van der Waals surface area (Å²) in [4.78, 5) is 24.6. The minimum Gasteiger partial charge on any atom is -0.466 e. The molecule has 6 heteroatoms. The van der Waals surface area contributed by atoms with E-state index in [1.54, 1.807) is 6.08 Å². The van der Waals surface area contributed by atoms with Gasteiger partial charge in [-0.25, -0.2) is 0 Å². The monoisotopic (exact) mass is 982 g/mol. The summed E-state index contributed by atoms with van der Waals surface area (Å²) in [6.07, 6.45) is 75.7. The van der Waals surface area contributed by atoms with E-state index in [-0.39, 0.29) is 18.5 Å². The van der Waals surface area contributed by atoms with Gasteiger partial charge < -0.3 is 20.3 Å². The molecule has 0 saturated carbocycles. The van der Waals surface area contributed by atoms with Gasteiger partial charge in [-0.3, -0.25) is 9.59 Å². The van der Waals surface area contributed by atoms with Gasteiger partial charge in [-0.1, -0.05) is 262 Å². The maximum Gasteiger partial charge on any atom is 0.305 e. The second kappa shape index (κ2) is 59.4. The van der Waals surface area contributed by atoms with Gasteiger partial charge in [0.05, 0.1) is 25.4 Å². The number of hydrogen-bond acceptors (Lipinski definition) is 5. The maximum absolute atomic E-state index is 12.5. The van der Waals surface area contributed by atoms with Crippen LogP contribution < -0.4 is 5.32 Å². The quantitative estimate of drug-likeness (QED) is 0.0321. The molecule has 6 nitrogen and oxygen atoms in total. The van der Waals surface area contributed by atoms with Crippen LogP contribution in [0, 0.1) is 0 Å². The molecule has 0 aromatic rings. The molecule has 0 fully saturated rings. The van der Waals surface area contributed by atoms with Gasteiger partial charge >= 0.3 is 5.97 Å². The third-order valence-electron chi connectivity index (χ3n) is 14.1. The van der Waals surface area contributed by atoms with Gasteiger partial charge in [-0.05, 0) is 96.3 Å². The van der Waals surface area contributed by atoms with Crippen LogP contribution >= 0.6 is 0 Å². The van der Waals surface area contributed by atoms with Crippen molar-refractivity contribution in [3.05, 3.63) is 48.6 Å². The Morgan fingerprint density at radius 1 is 0.400 bits per heavy atom. The lowest BCUT2D eigenvalue weighted by atomic mass is 10.0. The highest BCUT2D eigenvalue weighted by molar-refractivity contribution is 5.76. The number of aliphatic hydroxyl groups is 2. The molecule has 0 aliphatic heterocycles. The first-order valence-electron chi connectivity index (χ1n) is 30.9. The van der Waals surface area contributed by atoms with E-state index in [9.17, 15) is 19.8 Å². The van der Waals surface area contributed by atoms with Crippen molar-refractivity contribution >= 4 is 11.9 Å². The van der Waals surface area contributed by atoms with E-state index in [1.807, 2.05) is 6.08 Å². The molecule has 70 heavy (non-hydrogen) atoms. The molecule has 410 valence electrons. The molecule has 0 aliphatic rings. The lowest BCUT2D eigenvalue weighted by molar-refractivity contribution is -0.143. The highest BCUT2D eigenvalue weighted by Crippen LogP contribution is 2.17. The molecule has 0 heterocycles. The molecular formula is C64H119NO5. The molecule has 0 aliphatic carbocycles. The molecule has 2 atom stereocenters. The molecule has 0 spiro atoms. The third-order valence-corrected chi connectivity index (χ3v) is 14.1. The number of hydrogen-bond donors (Lipinski definition) is 3. The fourth-order valence-corrected chi connectivity index (χ4v) is 9.31. The zero-order chi connectivity index (χ0) is 50.7. The molecular weight excluding hydrogens is 863 g/mol. The zero-order valence-electron chi connectivity index (χ0n) is 46.7. The summed E-state index contributed by atoms with van der Waals surface area (Å²) in [7, 11) is 0. The Balaban J connectivity index is 3.53. The van der Waals surface area contributed by atoms with Crippen LogP contribution in [-0.4, -0.2) is 47.4 Å². The summed E-state index contributed by atoms with van der Waals surface area (Å²) in [6.45, 7) is 4.84. The minimum atomic E-state index is -0.863. The largest absolute Gasteiger partial charge is 0.466 e. The Kier molecular flexibility index (Phi) is 57.5. The van der Waals surface area contributed by atoms with Gasteiger partial charge in [0.2, 0.25) is 5.91 Å². The summed E-state index contributed by atoms with van der Waals surface area (Å²) < 4.78 is 5.46. The van der Waals surface area contributed by atoms with E-state index >= 15 is 0 Å². The molecule has 3 N–H and O–H groups in total. The number of rotatable bonds is 57. The molecule has 0 aromatic carbocycles. The maximum atomic E-state index is 12.5. The van der Waals surface area contributed by atoms with Crippen molar-refractivity contribution in [3.63, 3.8) is 0 Å². The Morgan fingerprint density at radius 3 is 1.11 bits per heavy atom. The third kappa shape index (κ3) is 55.1. The molecule has 0 aromatic heterocycles. The molecule has 0 saturated heterocycles. The van der Waals surface area contributed by atoms with Gasteiger partial charge in [0, 0.05) is 12.8 Å². The highest BCUT2D eigenvalue weighted by Gasteiger charge is 2.18.